The summed E-state index contributed by atoms with van der Waals surface area (Å²) in [6.07, 6.45) is 5.69. The van der Waals surface area contributed by atoms with Crippen molar-refractivity contribution in [3.63, 3.8) is 0 Å². The van der Waals surface area contributed by atoms with Crippen molar-refractivity contribution in [1.82, 2.24) is 0 Å². The minimum absolute atomic E-state index is 0.00623. The lowest BCUT2D eigenvalue weighted by Crippen LogP contribution is -2.45. The van der Waals surface area contributed by atoms with E-state index in [1.165, 1.54) is 5.57 Å². The Bertz CT molecular complexity index is 637. The van der Waals surface area contributed by atoms with E-state index in [1.807, 2.05) is 0 Å². The molecule has 5 nitrogen and oxygen atoms in total. The second-order valence-corrected chi connectivity index (χ2v) is 17.3. The molecule has 0 aromatic heterocycles. The van der Waals surface area contributed by atoms with Crippen LogP contribution in [0.3, 0.4) is 0 Å². The fourth-order valence-corrected chi connectivity index (χ4v) is 7.37. The molecule has 0 saturated carbocycles. The van der Waals surface area contributed by atoms with E-state index in [0.29, 0.717) is 5.92 Å². The third-order valence-electron chi connectivity index (χ3n) is 8.43. The van der Waals surface area contributed by atoms with Gasteiger partial charge in [0.25, 0.3) is 0 Å². The van der Waals surface area contributed by atoms with Gasteiger partial charge in [0.2, 0.25) is 0 Å². The summed E-state index contributed by atoms with van der Waals surface area (Å²) in [5.41, 5.74) is 1.17. The Morgan fingerprint density at radius 3 is 2.44 bits per heavy atom. The van der Waals surface area contributed by atoms with Gasteiger partial charge in [0.15, 0.2) is 8.32 Å². The Labute approximate surface area is 218 Å². The van der Waals surface area contributed by atoms with Crippen molar-refractivity contribution < 1.29 is 23.7 Å². The highest BCUT2D eigenvalue weighted by atomic mass is 79.9. The molecule has 0 aliphatic carbocycles. The van der Waals surface area contributed by atoms with E-state index in [0.717, 1.165) is 43.9 Å². The second kappa shape index (κ2) is 13.2. The third-order valence-corrected chi connectivity index (χ3v) is 13.7. The summed E-state index contributed by atoms with van der Waals surface area (Å²) in [4.78, 5) is 0. The van der Waals surface area contributed by atoms with Crippen LogP contribution in [0.15, 0.2) is 12.2 Å². The van der Waals surface area contributed by atoms with Crippen LogP contribution in [-0.4, -0.2) is 69.1 Å². The molecule has 1 unspecified atom stereocenters. The number of hydrogen-bond donors (Lipinski definition) is 1. The maximum absolute atomic E-state index is 9.25. The number of methoxy groups -OCH3 is 1. The molecular weight excluding hydrogens is 512 g/mol. The van der Waals surface area contributed by atoms with E-state index in [9.17, 15) is 5.11 Å². The average Bonchev–Trinajstić information content (AvgIpc) is 3.09. The lowest BCUT2D eigenvalue weighted by Gasteiger charge is -2.40. The number of aliphatic hydroxyl groups excluding tert-OH is 1. The van der Waals surface area contributed by atoms with Gasteiger partial charge in [-0.3, -0.25) is 0 Å². The predicted octanol–water partition coefficient (Wildman–Crippen LogP) is 6.48. The molecule has 0 aromatic carbocycles. The van der Waals surface area contributed by atoms with Gasteiger partial charge in [0.1, 0.15) is 0 Å². The number of halogens is 1. The fraction of sp³-hybridized carbons (Fsp3) is 0.926. The SMILES string of the molecule is C=C1C(C[C@@H]2O[C@H](C[C@@H](CC)O[Si](C)(C)C(C)(C)C)[C@H](OC)[C@H]2CBr)O[C@@H](CCCO)C[C@H]1C. The number of alkyl halides is 1. The molecule has 0 aromatic rings. The summed E-state index contributed by atoms with van der Waals surface area (Å²) in [6.45, 7) is 20.6. The van der Waals surface area contributed by atoms with Gasteiger partial charge in [-0.15, -0.1) is 0 Å². The van der Waals surface area contributed by atoms with Crippen LogP contribution < -0.4 is 0 Å². The lowest BCUT2D eigenvalue weighted by molar-refractivity contribution is -0.0747. The molecule has 2 saturated heterocycles. The maximum Gasteiger partial charge on any atom is 0.192 e. The van der Waals surface area contributed by atoms with Crippen molar-refractivity contribution in [2.24, 2.45) is 11.8 Å². The molecule has 8 atom stereocenters. The second-order valence-electron chi connectivity index (χ2n) is 11.9. The highest BCUT2D eigenvalue weighted by molar-refractivity contribution is 9.09. The summed E-state index contributed by atoms with van der Waals surface area (Å²) < 4.78 is 26.0. The molecule has 1 N–H and O–H groups in total. The van der Waals surface area contributed by atoms with Crippen molar-refractivity contribution in [2.75, 3.05) is 19.0 Å². The Balaban J connectivity index is 2.11. The molecule has 2 aliphatic heterocycles. The van der Waals surface area contributed by atoms with Crippen LogP contribution >= 0.6 is 15.9 Å². The molecule has 7 heteroatoms. The first-order valence-corrected chi connectivity index (χ1v) is 17.3. The molecule has 34 heavy (non-hydrogen) atoms. The summed E-state index contributed by atoms with van der Waals surface area (Å²) in [7, 11) is -0.0579. The topological polar surface area (TPSA) is 57.2 Å². The average molecular weight is 564 g/mol. The maximum atomic E-state index is 9.25. The van der Waals surface area contributed by atoms with Crippen LogP contribution in [0.5, 0.6) is 0 Å². The third kappa shape index (κ3) is 7.62. The number of hydrogen-bond acceptors (Lipinski definition) is 5. The Hall–Kier alpha value is 0.237. The number of rotatable bonds is 12. The summed E-state index contributed by atoms with van der Waals surface area (Å²) in [6, 6.07) is 0. The number of ether oxygens (including phenoxy) is 3. The highest BCUT2D eigenvalue weighted by Gasteiger charge is 2.47. The largest absolute Gasteiger partial charge is 0.414 e. The highest BCUT2D eigenvalue weighted by Crippen LogP contribution is 2.42. The predicted molar refractivity (Wildman–Crippen MR) is 146 cm³/mol. The van der Waals surface area contributed by atoms with Gasteiger partial charge in [0.05, 0.1) is 30.5 Å². The van der Waals surface area contributed by atoms with Crippen LogP contribution in [0.25, 0.3) is 0 Å². The van der Waals surface area contributed by atoms with E-state index in [4.69, 9.17) is 18.6 Å². The van der Waals surface area contributed by atoms with Crippen molar-refractivity contribution in [1.29, 1.82) is 0 Å². The normalized spacial score (nSPS) is 33.9. The molecule has 0 radical (unpaired) electrons. The quantitative estimate of drug-likeness (QED) is 0.167. The van der Waals surface area contributed by atoms with Crippen molar-refractivity contribution in [2.45, 2.75) is 128 Å². The molecule has 0 bridgehead atoms. The summed E-state index contributed by atoms with van der Waals surface area (Å²) in [5.74, 6) is 0.674. The summed E-state index contributed by atoms with van der Waals surface area (Å²) >= 11 is 3.75. The van der Waals surface area contributed by atoms with Gasteiger partial charge in [-0.1, -0.05) is 57.1 Å². The van der Waals surface area contributed by atoms with Crippen LogP contribution in [-0.2, 0) is 18.6 Å². The molecule has 200 valence electrons. The van der Waals surface area contributed by atoms with Crippen LogP contribution in [0, 0.1) is 11.8 Å². The van der Waals surface area contributed by atoms with E-state index >= 15 is 0 Å². The minimum Gasteiger partial charge on any atom is -0.414 e. The Morgan fingerprint density at radius 2 is 1.91 bits per heavy atom. The molecule has 2 heterocycles. The van der Waals surface area contributed by atoms with Gasteiger partial charge < -0.3 is 23.7 Å². The Kier molecular flexibility index (Phi) is 11.8. The molecule has 2 aliphatic rings. The van der Waals surface area contributed by atoms with Crippen LogP contribution in [0.1, 0.15) is 73.1 Å². The van der Waals surface area contributed by atoms with Crippen molar-refractivity contribution in [3.05, 3.63) is 12.2 Å². The first-order valence-electron chi connectivity index (χ1n) is 13.2. The van der Waals surface area contributed by atoms with Gasteiger partial charge in [-0.05, 0) is 55.3 Å². The van der Waals surface area contributed by atoms with Gasteiger partial charge in [-0.2, -0.15) is 0 Å². The number of aliphatic hydroxyl groups is 1. The molecular formula is C27H51BrO5Si. The smallest absolute Gasteiger partial charge is 0.192 e. The van der Waals surface area contributed by atoms with Gasteiger partial charge >= 0.3 is 0 Å². The van der Waals surface area contributed by atoms with Crippen molar-refractivity contribution in [3.8, 4) is 0 Å². The molecule has 0 spiro atoms. The fourth-order valence-electron chi connectivity index (χ4n) is 5.14. The van der Waals surface area contributed by atoms with E-state index in [1.54, 1.807) is 7.11 Å². The van der Waals surface area contributed by atoms with Crippen molar-refractivity contribution >= 4 is 24.2 Å². The zero-order valence-corrected chi connectivity index (χ0v) is 25.5. The molecule has 2 fully saturated rings. The zero-order chi connectivity index (χ0) is 25.7. The van der Waals surface area contributed by atoms with Crippen LogP contribution in [0.4, 0.5) is 0 Å². The molecule has 2 rings (SSSR count). The van der Waals surface area contributed by atoms with E-state index < -0.39 is 8.32 Å². The standard InChI is InChI=1S/C27H51BrO5Si/c1-10-20(33-34(8,9)27(4,5)6)15-25-26(30-7)22(17-28)24(32-25)16-23-19(3)18(2)14-21(31-23)12-11-13-29/h18,20-26,29H,3,10-17H2,1-2,4-9H3/t18-,20-,21+,22+,23?,24+,25-,26-/m1/s1. The van der Waals surface area contributed by atoms with E-state index in [-0.39, 0.29) is 54.2 Å². The summed E-state index contributed by atoms with van der Waals surface area (Å²) in [5, 5.41) is 10.3. The van der Waals surface area contributed by atoms with Crippen LogP contribution in [0.2, 0.25) is 18.1 Å². The first kappa shape index (κ1) is 30.5. The Morgan fingerprint density at radius 1 is 1.24 bits per heavy atom. The first-order chi connectivity index (χ1) is 15.9. The monoisotopic (exact) mass is 562 g/mol. The van der Waals surface area contributed by atoms with Gasteiger partial charge in [0, 0.05) is 43.9 Å². The van der Waals surface area contributed by atoms with E-state index in [2.05, 4.69) is 70.2 Å². The minimum atomic E-state index is -1.86. The molecule has 0 amide bonds. The lowest BCUT2D eigenvalue weighted by atomic mass is 9.83. The van der Waals surface area contributed by atoms with Gasteiger partial charge in [-0.25, -0.2) is 0 Å². The zero-order valence-electron chi connectivity index (χ0n) is 22.9.